The number of unbranched alkanes of at least 4 members (excludes halogenated alkanes) is 1. The molecule has 0 amide bonds. The molecule has 1 aliphatic rings. The zero-order chi connectivity index (χ0) is 14.9. The number of hydrogen-bond donors (Lipinski definition) is 1. The normalized spacial score (nSPS) is 21.5. The number of benzene rings is 1. The number of methoxy groups -OCH3 is 1. The third-order valence-electron chi connectivity index (χ3n) is 3.91. The molecule has 2 rings (SSSR count). The first-order valence-corrected chi connectivity index (χ1v) is 7.71. The highest BCUT2D eigenvalue weighted by atomic mass is 16.5. The van der Waals surface area contributed by atoms with E-state index in [4.69, 9.17) is 14.7 Å². The highest BCUT2D eigenvalue weighted by Gasteiger charge is 2.20. The van der Waals surface area contributed by atoms with Crippen molar-refractivity contribution in [3.63, 3.8) is 0 Å². The summed E-state index contributed by atoms with van der Waals surface area (Å²) >= 11 is 0. The maximum absolute atomic E-state index is 8.50. The van der Waals surface area contributed by atoms with E-state index in [1.807, 2.05) is 18.2 Å². The highest BCUT2D eigenvalue weighted by Crippen LogP contribution is 2.25. The summed E-state index contributed by atoms with van der Waals surface area (Å²) in [5, 5.41) is 12.1. The fourth-order valence-corrected chi connectivity index (χ4v) is 2.70. The maximum Gasteiger partial charge on any atom is 0.121 e. The van der Waals surface area contributed by atoms with Gasteiger partial charge in [-0.1, -0.05) is 6.07 Å². The van der Waals surface area contributed by atoms with Gasteiger partial charge in [0.1, 0.15) is 5.75 Å². The average Bonchev–Trinajstić information content (AvgIpc) is 2.53. The SMILES string of the molecule is COC1CCC(Nc2cccc(OCCCC#N)c2)CC1. The molecule has 0 spiro atoms. The van der Waals surface area contributed by atoms with E-state index in [0.29, 0.717) is 25.2 Å². The Morgan fingerprint density at radius 1 is 1.29 bits per heavy atom. The molecule has 114 valence electrons. The minimum atomic E-state index is 0.429. The van der Waals surface area contributed by atoms with Crippen molar-refractivity contribution in [2.24, 2.45) is 0 Å². The molecule has 21 heavy (non-hydrogen) atoms. The lowest BCUT2D eigenvalue weighted by molar-refractivity contribution is 0.0682. The van der Waals surface area contributed by atoms with Crippen molar-refractivity contribution >= 4 is 5.69 Å². The maximum atomic E-state index is 8.50. The van der Waals surface area contributed by atoms with Gasteiger partial charge < -0.3 is 14.8 Å². The van der Waals surface area contributed by atoms with E-state index in [1.165, 1.54) is 0 Å². The Morgan fingerprint density at radius 3 is 2.81 bits per heavy atom. The topological polar surface area (TPSA) is 54.3 Å². The van der Waals surface area contributed by atoms with Crippen molar-refractivity contribution in [1.82, 2.24) is 0 Å². The van der Waals surface area contributed by atoms with Gasteiger partial charge in [0.2, 0.25) is 0 Å². The summed E-state index contributed by atoms with van der Waals surface area (Å²) in [7, 11) is 1.80. The van der Waals surface area contributed by atoms with Crippen LogP contribution in [0.3, 0.4) is 0 Å². The zero-order valence-corrected chi connectivity index (χ0v) is 12.7. The summed E-state index contributed by atoms with van der Waals surface area (Å²) < 4.78 is 11.1. The second kappa shape index (κ2) is 8.53. The Labute approximate surface area is 127 Å². The van der Waals surface area contributed by atoms with Crippen LogP contribution in [-0.2, 0) is 4.74 Å². The summed E-state index contributed by atoms with van der Waals surface area (Å²) in [6.45, 7) is 0.593. The Morgan fingerprint density at radius 2 is 2.10 bits per heavy atom. The van der Waals surface area contributed by atoms with Crippen molar-refractivity contribution < 1.29 is 9.47 Å². The average molecular weight is 288 g/mol. The molecule has 0 aromatic heterocycles. The number of rotatable bonds is 7. The van der Waals surface area contributed by atoms with Gasteiger partial charge in [-0.25, -0.2) is 0 Å². The van der Waals surface area contributed by atoms with Crippen LogP contribution in [0.1, 0.15) is 38.5 Å². The predicted octanol–water partition coefficient (Wildman–Crippen LogP) is 3.74. The minimum absolute atomic E-state index is 0.429. The molecule has 1 N–H and O–H groups in total. The first kappa shape index (κ1) is 15.7. The van der Waals surface area contributed by atoms with Crippen LogP contribution in [0.25, 0.3) is 0 Å². The number of hydrogen-bond acceptors (Lipinski definition) is 4. The second-order valence-electron chi connectivity index (χ2n) is 5.49. The van der Waals surface area contributed by atoms with Gasteiger partial charge in [0.05, 0.1) is 18.8 Å². The van der Waals surface area contributed by atoms with Crippen LogP contribution in [-0.4, -0.2) is 25.9 Å². The Bertz CT molecular complexity index is 462. The van der Waals surface area contributed by atoms with Crippen LogP contribution in [0.2, 0.25) is 0 Å². The predicted molar refractivity (Wildman–Crippen MR) is 83.5 cm³/mol. The zero-order valence-electron chi connectivity index (χ0n) is 12.7. The number of nitrogens with one attached hydrogen (secondary N) is 1. The molecule has 0 unspecified atom stereocenters. The molecular formula is C17H24N2O2. The van der Waals surface area contributed by atoms with Gasteiger partial charge in [-0.2, -0.15) is 5.26 Å². The van der Waals surface area contributed by atoms with Gasteiger partial charge in [0, 0.05) is 31.3 Å². The Hall–Kier alpha value is -1.73. The lowest BCUT2D eigenvalue weighted by Gasteiger charge is -2.29. The molecule has 1 aromatic carbocycles. The number of nitrogens with zero attached hydrogens (tertiary/aromatic N) is 1. The Kier molecular flexibility index (Phi) is 6.36. The van der Waals surface area contributed by atoms with Crippen molar-refractivity contribution in [1.29, 1.82) is 5.26 Å². The minimum Gasteiger partial charge on any atom is -0.493 e. The van der Waals surface area contributed by atoms with Crippen LogP contribution in [0.15, 0.2) is 24.3 Å². The number of ether oxygens (including phenoxy) is 2. The van der Waals surface area contributed by atoms with E-state index in [-0.39, 0.29) is 0 Å². The van der Waals surface area contributed by atoms with Gasteiger partial charge >= 0.3 is 0 Å². The van der Waals surface area contributed by atoms with E-state index in [1.54, 1.807) is 7.11 Å². The molecule has 1 aliphatic carbocycles. The molecule has 4 heteroatoms. The van der Waals surface area contributed by atoms with E-state index in [2.05, 4.69) is 17.5 Å². The van der Waals surface area contributed by atoms with Crippen molar-refractivity contribution in [2.75, 3.05) is 19.0 Å². The summed E-state index contributed by atoms with van der Waals surface area (Å²) in [6, 6.07) is 10.7. The van der Waals surface area contributed by atoms with Gasteiger partial charge in [-0.15, -0.1) is 0 Å². The molecule has 1 fully saturated rings. The van der Waals surface area contributed by atoms with Crippen LogP contribution in [0.4, 0.5) is 5.69 Å². The fourth-order valence-electron chi connectivity index (χ4n) is 2.70. The van der Waals surface area contributed by atoms with E-state index >= 15 is 0 Å². The van der Waals surface area contributed by atoms with E-state index in [0.717, 1.165) is 43.5 Å². The summed E-state index contributed by atoms with van der Waals surface area (Å²) in [5.74, 6) is 0.864. The molecule has 0 saturated heterocycles. The third kappa shape index (κ3) is 5.28. The summed E-state index contributed by atoms with van der Waals surface area (Å²) in [5.41, 5.74) is 1.11. The summed E-state index contributed by atoms with van der Waals surface area (Å²) in [4.78, 5) is 0. The number of nitriles is 1. The monoisotopic (exact) mass is 288 g/mol. The lowest BCUT2D eigenvalue weighted by atomic mass is 9.93. The van der Waals surface area contributed by atoms with Gasteiger partial charge in [0.15, 0.2) is 0 Å². The first-order chi connectivity index (χ1) is 10.3. The quantitative estimate of drug-likeness (QED) is 0.777. The van der Waals surface area contributed by atoms with Crippen LogP contribution >= 0.6 is 0 Å². The fraction of sp³-hybridized carbons (Fsp3) is 0.588. The lowest BCUT2D eigenvalue weighted by Crippen LogP contribution is -2.29. The van der Waals surface area contributed by atoms with Crippen molar-refractivity contribution in [2.45, 2.75) is 50.7 Å². The van der Waals surface area contributed by atoms with Crippen molar-refractivity contribution in [3.8, 4) is 11.8 Å². The highest BCUT2D eigenvalue weighted by molar-refractivity contribution is 5.48. The molecule has 1 aromatic rings. The van der Waals surface area contributed by atoms with Gasteiger partial charge in [-0.05, 0) is 44.2 Å². The van der Waals surface area contributed by atoms with Crippen LogP contribution in [0.5, 0.6) is 5.75 Å². The summed E-state index contributed by atoms with van der Waals surface area (Å²) in [6.07, 6.45) is 6.28. The van der Waals surface area contributed by atoms with Gasteiger partial charge in [-0.3, -0.25) is 0 Å². The molecule has 4 nitrogen and oxygen atoms in total. The smallest absolute Gasteiger partial charge is 0.121 e. The molecule has 0 bridgehead atoms. The first-order valence-electron chi connectivity index (χ1n) is 7.71. The second-order valence-corrected chi connectivity index (χ2v) is 5.49. The molecule has 1 saturated carbocycles. The third-order valence-corrected chi connectivity index (χ3v) is 3.91. The van der Waals surface area contributed by atoms with Gasteiger partial charge in [0.25, 0.3) is 0 Å². The largest absolute Gasteiger partial charge is 0.493 e. The van der Waals surface area contributed by atoms with E-state index < -0.39 is 0 Å². The van der Waals surface area contributed by atoms with E-state index in [9.17, 15) is 0 Å². The van der Waals surface area contributed by atoms with Crippen LogP contribution < -0.4 is 10.1 Å². The number of anilines is 1. The molecule has 0 heterocycles. The molecule has 0 aliphatic heterocycles. The standard InChI is InChI=1S/C17H24N2O2/c1-20-16-9-7-14(8-10-16)19-15-5-4-6-17(13-15)21-12-3-2-11-18/h4-6,13-14,16,19H,2-3,7-10,12H2,1H3. The molecule has 0 radical (unpaired) electrons. The Balaban J connectivity index is 1.79. The van der Waals surface area contributed by atoms with Crippen LogP contribution in [0, 0.1) is 11.3 Å². The van der Waals surface area contributed by atoms with Crippen molar-refractivity contribution in [3.05, 3.63) is 24.3 Å². The molecule has 0 atom stereocenters. The molecular weight excluding hydrogens is 264 g/mol.